The zero-order chi connectivity index (χ0) is 22.0. The number of hydrogen-bond donors (Lipinski definition) is 1. The molecule has 0 spiro atoms. The average Bonchev–Trinajstić information content (AvgIpc) is 3.01. The fourth-order valence-corrected chi connectivity index (χ4v) is 3.23. The van der Waals surface area contributed by atoms with Gasteiger partial charge in [-0.15, -0.1) is 0 Å². The van der Waals surface area contributed by atoms with Gasteiger partial charge in [-0.2, -0.15) is 0 Å². The van der Waals surface area contributed by atoms with Gasteiger partial charge in [0.2, 0.25) is 0 Å². The summed E-state index contributed by atoms with van der Waals surface area (Å²) < 4.78 is 32.1. The van der Waals surface area contributed by atoms with Gasteiger partial charge in [0.1, 0.15) is 11.4 Å². The highest BCUT2D eigenvalue weighted by Gasteiger charge is 2.39. The molecule has 1 N–H and O–H groups in total. The van der Waals surface area contributed by atoms with Gasteiger partial charge in [-0.3, -0.25) is 19.5 Å². The number of carbonyl (C=O) groups excluding carboxylic acids is 2. The van der Waals surface area contributed by atoms with Crippen molar-refractivity contribution in [1.29, 1.82) is 0 Å². The lowest BCUT2D eigenvalue weighted by molar-refractivity contribution is -0.137. The molecular formula is C23H17F2N3O3. The van der Waals surface area contributed by atoms with Crippen LogP contribution in [0.25, 0.3) is 5.57 Å². The number of imide groups is 1. The van der Waals surface area contributed by atoms with E-state index in [1.165, 1.54) is 13.2 Å². The summed E-state index contributed by atoms with van der Waals surface area (Å²) in [6.45, 7) is -0.0267. The molecule has 0 atom stereocenters. The second-order valence-electron chi connectivity index (χ2n) is 6.75. The fourth-order valence-electron chi connectivity index (χ4n) is 3.23. The maximum atomic E-state index is 13.7. The quantitative estimate of drug-likeness (QED) is 0.614. The van der Waals surface area contributed by atoms with Gasteiger partial charge < -0.3 is 10.1 Å². The second kappa shape index (κ2) is 8.35. The molecule has 1 aliphatic rings. The number of aromatic nitrogens is 1. The minimum atomic E-state index is -1.07. The molecule has 2 heterocycles. The third-order valence-electron chi connectivity index (χ3n) is 4.78. The van der Waals surface area contributed by atoms with E-state index in [1.807, 2.05) is 0 Å². The summed E-state index contributed by atoms with van der Waals surface area (Å²) in [5.74, 6) is -2.61. The fraction of sp³-hybridized carbons (Fsp3) is 0.0870. The maximum absolute atomic E-state index is 13.7. The molecule has 31 heavy (non-hydrogen) atoms. The summed E-state index contributed by atoms with van der Waals surface area (Å²) in [7, 11) is 1.52. The molecular weight excluding hydrogens is 404 g/mol. The Morgan fingerprint density at radius 1 is 0.968 bits per heavy atom. The molecule has 1 aromatic heterocycles. The molecule has 0 aliphatic carbocycles. The van der Waals surface area contributed by atoms with E-state index in [2.05, 4.69) is 10.3 Å². The van der Waals surface area contributed by atoms with Crippen LogP contribution in [0.1, 0.15) is 11.3 Å². The van der Waals surface area contributed by atoms with Gasteiger partial charge in [-0.05, 0) is 42.0 Å². The Labute approximate surface area is 176 Å². The van der Waals surface area contributed by atoms with E-state index in [0.29, 0.717) is 17.0 Å². The van der Waals surface area contributed by atoms with Crippen molar-refractivity contribution in [3.63, 3.8) is 0 Å². The molecule has 1 aliphatic heterocycles. The number of rotatable bonds is 6. The maximum Gasteiger partial charge on any atom is 0.278 e. The highest BCUT2D eigenvalue weighted by molar-refractivity contribution is 6.36. The number of ether oxygens (including phenoxy) is 1. The topological polar surface area (TPSA) is 71.5 Å². The van der Waals surface area contributed by atoms with E-state index in [-0.39, 0.29) is 23.5 Å². The third-order valence-corrected chi connectivity index (χ3v) is 4.78. The molecule has 0 fully saturated rings. The number of pyridine rings is 1. The molecule has 4 rings (SSSR count). The Bertz CT molecular complexity index is 1180. The monoisotopic (exact) mass is 421 g/mol. The predicted octanol–water partition coefficient (Wildman–Crippen LogP) is 3.76. The second-order valence-corrected chi connectivity index (χ2v) is 6.75. The van der Waals surface area contributed by atoms with E-state index in [9.17, 15) is 18.4 Å². The van der Waals surface area contributed by atoms with Crippen molar-refractivity contribution < 1.29 is 23.1 Å². The van der Waals surface area contributed by atoms with Crippen molar-refractivity contribution in [3.05, 3.63) is 95.4 Å². The number of nitrogens with one attached hydrogen (secondary N) is 1. The van der Waals surface area contributed by atoms with Gasteiger partial charge >= 0.3 is 0 Å². The zero-order valence-electron chi connectivity index (χ0n) is 16.4. The van der Waals surface area contributed by atoms with Crippen LogP contribution >= 0.6 is 0 Å². The summed E-state index contributed by atoms with van der Waals surface area (Å²) in [5, 5.41) is 2.79. The Balaban J connectivity index is 1.75. The van der Waals surface area contributed by atoms with E-state index < -0.39 is 23.4 Å². The van der Waals surface area contributed by atoms with Gasteiger partial charge in [0, 0.05) is 18.0 Å². The molecule has 8 heteroatoms. The highest BCUT2D eigenvalue weighted by Crippen LogP contribution is 2.32. The van der Waals surface area contributed by atoms with Crippen LogP contribution in [0.5, 0.6) is 5.75 Å². The minimum absolute atomic E-state index is 0.0267. The summed E-state index contributed by atoms with van der Waals surface area (Å²) in [6, 6.07) is 15.0. The van der Waals surface area contributed by atoms with Crippen LogP contribution in [0.2, 0.25) is 0 Å². The van der Waals surface area contributed by atoms with E-state index in [1.54, 1.807) is 48.7 Å². The largest absolute Gasteiger partial charge is 0.497 e. The van der Waals surface area contributed by atoms with Gasteiger partial charge in [0.15, 0.2) is 11.6 Å². The number of anilines is 1. The zero-order valence-corrected chi connectivity index (χ0v) is 16.4. The summed E-state index contributed by atoms with van der Waals surface area (Å²) in [4.78, 5) is 31.6. The van der Waals surface area contributed by atoms with Crippen LogP contribution < -0.4 is 10.1 Å². The first-order chi connectivity index (χ1) is 15.0. The van der Waals surface area contributed by atoms with Crippen LogP contribution in [0.15, 0.2) is 72.6 Å². The van der Waals surface area contributed by atoms with Crippen molar-refractivity contribution in [2.45, 2.75) is 6.54 Å². The lowest BCUT2D eigenvalue weighted by Crippen LogP contribution is -2.32. The van der Waals surface area contributed by atoms with Crippen molar-refractivity contribution in [2.24, 2.45) is 0 Å². The van der Waals surface area contributed by atoms with Gasteiger partial charge in [-0.25, -0.2) is 8.78 Å². The van der Waals surface area contributed by atoms with Crippen LogP contribution in [-0.2, 0) is 16.1 Å². The molecule has 0 unspecified atom stereocenters. The summed E-state index contributed by atoms with van der Waals surface area (Å²) in [6.07, 6.45) is 1.57. The Hall–Kier alpha value is -4.07. The number of carbonyl (C=O) groups is 2. The molecule has 0 radical (unpaired) electrons. The normalized spacial score (nSPS) is 13.7. The molecule has 0 saturated carbocycles. The van der Waals surface area contributed by atoms with Gasteiger partial charge in [0.25, 0.3) is 11.8 Å². The van der Waals surface area contributed by atoms with Gasteiger partial charge in [-0.1, -0.05) is 18.2 Å². The number of nitrogens with zero attached hydrogens (tertiary/aromatic N) is 2. The molecule has 3 aromatic rings. The molecule has 156 valence electrons. The van der Waals surface area contributed by atoms with Crippen LogP contribution in [-0.4, -0.2) is 28.8 Å². The van der Waals surface area contributed by atoms with E-state index in [4.69, 9.17) is 4.74 Å². The van der Waals surface area contributed by atoms with E-state index in [0.717, 1.165) is 17.0 Å². The number of amides is 2. The molecule has 6 nitrogen and oxygen atoms in total. The Kier molecular flexibility index (Phi) is 5.44. The number of methoxy groups -OCH3 is 1. The van der Waals surface area contributed by atoms with Gasteiger partial charge in [0.05, 0.1) is 24.9 Å². The summed E-state index contributed by atoms with van der Waals surface area (Å²) >= 11 is 0. The number of hydrogen-bond acceptors (Lipinski definition) is 5. The molecule has 2 amide bonds. The molecule has 0 saturated heterocycles. The Morgan fingerprint density at radius 2 is 1.74 bits per heavy atom. The van der Waals surface area contributed by atoms with Crippen molar-refractivity contribution in [2.75, 3.05) is 12.4 Å². The summed E-state index contributed by atoms with van der Waals surface area (Å²) in [5.41, 5.74) is 1.24. The first-order valence-electron chi connectivity index (χ1n) is 9.35. The molecule has 0 bridgehead atoms. The van der Waals surface area contributed by atoms with E-state index >= 15 is 0 Å². The lowest BCUT2D eigenvalue weighted by atomic mass is 10.0. The number of halogens is 2. The predicted molar refractivity (Wildman–Crippen MR) is 110 cm³/mol. The Morgan fingerprint density at radius 3 is 2.39 bits per heavy atom. The number of benzene rings is 2. The van der Waals surface area contributed by atoms with Crippen LogP contribution in [0.4, 0.5) is 14.5 Å². The highest BCUT2D eigenvalue weighted by atomic mass is 19.2. The standard InChI is InChI=1S/C23H17F2N3O3/c1-31-17-8-5-14(6-9-17)20-21(27-15-7-10-18(24)19(25)12-15)23(30)28(22(20)29)13-16-4-2-3-11-26-16/h2-12,27H,13H2,1H3. The molecule has 2 aromatic carbocycles. The smallest absolute Gasteiger partial charge is 0.278 e. The minimum Gasteiger partial charge on any atom is -0.497 e. The first-order valence-corrected chi connectivity index (χ1v) is 9.35. The lowest BCUT2D eigenvalue weighted by Gasteiger charge is -2.14. The van der Waals surface area contributed by atoms with Crippen molar-refractivity contribution >= 4 is 23.1 Å². The van der Waals surface area contributed by atoms with Crippen LogP contribution in [0, 0.1) is 11.6 Å². The van der Waals surface area contributed by atoms with Crippen molar-refractivity contribution in [3.8, 4) is 5.75 Å². The van der Waals surface area contributed by atoms with Crippen LogP contribution in [0.3, 0.4) is 0 Å². The average molecular weight is 421 g/mol. The first kappa shape index (κ1) is 20.2. The SMILES string of the molecule is COc1ccc(C2=C(Nc3ccc(F)c(F)c3)C(=O)N(Cc3ccccn3)C2=O)cc1. The van der Waals surface area contributed by atoms with Crippen molar-refractivity contribution in [1.82, 2.24) is 9.88 Å². The third kappa shape index (κ3) is 4.00.